The van der Waals surface area contributed by atoms with Gasteiger partial charge >= 0.3 is 17.4 Å². The van der Waals surface area contributed by atoms with Gasteiger partial charge in [-0.1, -0.05) is 60.7 Å². The normalized spacial score (nSPS) is 21.1. The van der Waals surface area contributed by atoms with Crippen LogP contribution in [0.25, 0.3) is 0 Å². The molecule has 2 heterocycles. The molecule has 0 unspecified atom stereocenters. The Labute approximate surface area is 250 Å². The first-order valence-corrected chi connectivity index (χ1v) is 13.0. The van der Waals surface area contributed by atoms with Crippen LogP contribution in [0, 0.1) is 0 Å². The largest absolute Gasteiger partial charge is 0.468 e. The summed E-state index contributed by atoms with van der Waals surface area (Å²) < 4.78 is 13.7. The van der Waals surface area contributed by atoms with E-state index in [1.165, 1.54) is 14.2 Å². The van der Waals surface area contributed by atoms with E-state index < -0.39 is 29.6 Å². The van der Waals surface area contributed by atoms with Gasteiger partial charge in [0, 0.05) is 43.1 Å². The Bertz CT molecular complexity index is 1090. The second-order valence-electron chi connectivity index (χ2n) is 9.03. The Kier molecular flexibility index (Phi) is 16.8. The standard InChI is InChI=1S/C14H17NO4.C8H7ClO2.C6H11NO3.ClH/c1-19-14(18)12-7-11(16)8-15(12)9-13(17)10-5-3-2-4-6-10;9-8(10)11-6-7-4-2-1-3-5-7;1-10-6(9)5-2-4(8)3-7-5;/h2-6,11-12,16H,7-9H2,1H3;1-5H,6H2;4-5,7-8H,2-3H2,1H3;1H/t11-,12+;;4-,5+;/m1.1./s1. The van der Waals surface area contributed by atoms with E-state index >= 15 is 0 Å². The Morgan fingerprint density at radius 1 is 0.902 bits per heavy atom. The number of Topliss-reactive ketones (excluding diaryl/α,β-unsaturated/α-hetero) is 1. The van der Waals surface area contributed by atoms with Gasteiger partial charge in [-0.3, -0.25) is 19.3 Å². The van der Waals surface area contributed by atoms with Crippen molar-refractivity contribution in [2.24, 2.45) is 0 Å². The molecule has 0 spiro atoms. The molecule has 2 fully saturated rings. The molecule has 226 valence electrons. The zero-order chi connectivity index (χ0) is 29.5. The van der Waals surface area contributed by atoms with E-state index in [0.717, 1.165) is 5.56 Å². The molecule has 0 amide bonds. The number of β-amino-alcohol motifs (C(OH)–C–C–N with tert-alkyl or cyclic N) is 2. The summed E-state index contributed by atoms with van der Waals surface area (Å²) in [4.78, 5) is 46.3. The number of carbonyl (C=O) groups is 4. The van der Waals surface area contributed by atoms with Crippen LogP contribution in [0.4, 0.5) is 4.79 Å². The van der Waals surface area contributed by atoms with Crippen LogP contribution in [0.3, 0.4) is 0 Å². The van der Waals surface area contributed by atoms with E-state index in [1.54, 1.807) is 29.2 Å². The van der Waals surface area contributed by atoms with Crippen LogP contribution in [-0.2, 0) is 30.4 Å². The highest BCUT2D eigenvalue weighted by Crippen LogP contribution is 2.19. The van der Waals surface area contributed by atoms with Crippen molar-refractivity contribution in [2.75, 3.05) is 33.9 Å². The third-order valence-corrected chi connectivity index (χ3v) is 6.19. The maximum absolute atomic E-state index is 12.1. The highest BCUT2D eigenvalue weighted by atomic mass is 35.5. The van der Waals surface area contributed by atoms with Crippen LogP contribution in [0.5, 0.6) is 0 Å². The average molecular weight is 616 g/mol. The predicted octanol–water partition coefficient (Wildman–Crippen LogP) is 2.34. The molecule has 2 aliphatic heterocycles. The number of carbonyl (C=O) groups excluding carboxylic acids is 4. The van der Waals surface area contributed by atoms with Crippen LogP contribution in [-0.4, -0.2) is 96.4 Å². The summed E-state index contributed by atoms with van der Waals surface area (Å²) in [5.74, 6) is -0.766. The van der Waals surface area contributed by atoms with Gasteiger partial charge in [-0.25, -0.2) is 4.79 Å². The third kappa shape index (κ3) is 13.0. The smallest absolute Gasteiger partial charge is 0.404 e. The van der Waals surface area contributed by atoms with Crippen molar-refractivity contribution in [3.63, 3.8) is 0 Å². The first kappa shape index (κ1) is 36.0. The van der Waals surface area contributed by atoms with Crippen molar-refractivity contribution in [3.8, 4) is 0 Å². The van der Waals surface area contributed by atoms with Gasteiger partial charge in [0.2, 0.25) is 0 Å². The minimum atomic E-state index is -0.770. The number of nitrogens with zero attached hydrogens (tertiary/aromatic N) is 1. The number of aliphatic hydroxyl groups excluding tert-OH is 2. The quantitative estimate of drug-likeness (QED) is 0.182. The number of hydrogen-bond acceptors (Lipinski definition) is 11. The van der Waals surface area contributed by atoms with E-state index in [1.807, 2.05) is 36.4 Å². The second-order valence-corrected chi connectivity index (χ2v) is 9.34. The molecule has 2 saturated heterocycles. The third-order valence-electron chi connectivity index (χ3n) is 6.09. The summed E-state index contributed by atoms with van der Waals surface area (Å²) in [7, 11) is 2.65. The fraction of sp³-hybridized carbons (Fsp3) is 0.429. The molecule has 13 heteroatoms. The lowest BCUT2D eigenvalue weighted by molar-refractivity contribution is -0.145. The highest BCUT2D eigenvalue weighted by molar-refractivity contribution is 6.61. The number of ether oxygens (including phenoxy) is 3. The first-order valence-electron chi connectivity index (χ1n) is 12.6. The average Bonchev–Trinajstić information content (AvgIpc) is 3.57. The minimum absolute atomic E-state index is 0. The molecule has 11 nitrogen and oxygen atoms in total. The van der Waals surface area contributed by atoms with Crippen LogP contribution in [0.15, 0.2) is 60.7 Å². The van der Waals surface area contributed by atoms with E-state index in [-0.39, 0.29) is 43.4 Å². The first-order chi connectivity index (χ1) is 19.1. The SMILES string of the molecule is COC(=O)[C@@H]1C[C@@H](O)CN1.COC(=O)[C@@H]1C[C@@H](O)CN1CC(=O)c1ccccc1.Cl.O=C(Cl)OCc1ccccc1. The number of methoxy groups -OCH3 is 2. The Morgan fingerprint density at radius 2 is 1.49 bits per heavy atom. The van der Waals surface area contributed by atoms with Gasteiger partial charge in [0.1, 0.15) is 18.7 Å². The van der Waals surface area contributed by atoms with Crippen LogP contribution in [0.2, 0.25) is 0 Å². The van der Waals surface area contributed by atoms with Gasteiger partial charge in [0.25, 0.3) is 0 Å². The lowest BCUT2D eigenvalue weighted by atomic mass is 10.1. The van der Waals surface area contributed by atoms with Crippen molar-refractivity contribution in [2.45, 2.75) is 43.7 Å². The number of nitrogens with one attached hydrogen (secondary N) is 1. The zero-order valence-corrected chi connectivity index (χ0v) is 24.4. The van der Waals surface area contributed by atoms with Gasteiger partial charge in [-0.2, -0.15) is 0 Å². The Morgan fingerprint density at radius 3 is 2.00 bits per heavy atom. The molecule has 4 atom stereocenters. The Hall–Kier alpha value is -3.06. The second kappa shape index (κ2) is 19.1. The molecule has 0 saturated carbocycles. The van der Waals surface area contributed by atoms with Crippen LogP contribution in [0.1, 0.15) is 28.8 Å². The molecule has 41 heavy (non-hydrogen) atoms. The van der Waals surface area contributed by atoms with Gasteiger partial charge in [-0.05, 0) is 5.56 Å². The van der Waals surface area contributed by atoms with Gasteiger partial charge < -0.3 is 29.7 Å². The fourth-order valence-corrected chi connectivity index (χ4v) is 4.14. The number of rotatable bonds is 7. The summed E-state index contributed by atoms with van der Waals surface area (Å²) in [5.41, 5.74) is 0.767. The molecule has 0 aromatic heterocycles. The number of esters is 2. The topological polar surface area (TPSA) is 152 Å². The van der Waals surface area contributed by atoms with Gasteiger partial charge in [-0.15, -0.1) is 12.4 Å². The molecule has 2 aromatic rings. The predicted molar refractivity (Wildman–Crippen MR) is 153 cm³/mol. The van der Waals surface area contributed by atoms with Crippen LogP contribution >= 0.6 is 24.0 Å². The zero-order valence-electron chi connectivity index (χ0n) is 22.8. The van der Waals surface area contributed by atoms with Gasteiger partial charge in [0.05, 0.1) is 33.0 Å². The number of halogens is 2. The number of likely N-dealkylation sites (tertiary alicyclic amines) is 1. The number of aliphatic hydroxyl groups is 2. The maximum Gasteiger partial charge on any atom is 0.404 e. The van der Waals surface area contributed by atoms with Crippen LogP contribution < -0.4 is 5.32 Å². The molecule has 0 aliphatic carbocycles. The molecule has 4 rings (SSSR count). The number of ketones is 1. The molecule has 2 aliphatic rings. The lowest BCUT2D eigenvalue weighted by Crippen LogP contribution is -2.40. The number of hydrogen-bond donors (Lipinski definition) is 3. The van der Waals surface area contributed by atoms with Crippen molar-refractivity contribution in [3.05, 3.63) is 71.8 Å². The fourth-order valence-electron chi connectivity index (χ4n) is 4.09. The molecular weight excluding hydrogens is 579 g/mol. The molecule has 0 bridgehead atoms. The minimum Gasteiger partial charge on any atom is -0.468 e. The monoisotopic (exact) mass is 614 g/mol. The lowest BCUT2D eigenvalue weighted by Gasteiger charge is -2.20. The van der Waals surface area contributed by atoms with Gasteiger partial charge in [0.15, 0.2) is 5.78 Å². The summed E-state index contributed by atoms with van der Waals surface area (Å²) in [5, 5.41) is 21.4. The van der Waals surface area contributed by atoms with Crippen molar-refractivity contribution < 1.29 is 43.6 Å². The van der Waals surface area contributed by atoms with Crippen molar-refractivity contribution in [1.82, 2.24) is 10.2 Å². The molecule has 2 aromatic carbocycles. The molecule has 0 radical (unpaired) electrons. The van der Waals surface area contributed by atoms with Crippen molar-refractivity contribution in [1.29, 1.82) is 0 Å². The molecule has 3 N–H and O–H groups in total. The molecular formula is C28H36Cl2N2O9. The Balaban J connectivity index is 0.000000328. The summed E-state index contributed by atoms with van der Waals surface area (Å²) in [6.07, 6.45) is -0.210. The van der Waals surface area contributed by atoms with E-state index in [4.69, 9.17) is 21.4 Å². The highest BCUT2D eigenvalue weighted by Gasteiger charge is 2.37. The number of benzene rings is 2. The summed E-state index contributed by atoms with van der Waals surface area (Å²) in [6.45, 7) is 1.15. The summed E-state index contributed by atoms with van der Waals surface area (Å²) >= 11 is 4.97. The van der Waals surface area contributed by atoms with E-state index in [0.29, 0.717) is 31.5 Å². The maximum atomic E-state index is 12.1. The summed E-state index contributed by atoms with van der Waals surface area (Å²) in [6, 6.07) is 17.4. The van der Waals surface area contributed by atoms with E-state index in [9.17, 15) is 24.3 Å². The van der Waals surface area contributed by atoms with Crippen molar-refractivity contribution >= 4 is 47.2 Å². The van der Waals surface area contributed by atoms with E-state index in [2.05, 4.69) is 14.8 Å².